The van der Waals surface area contributed by atoms with Crippen LogP contribution in [0.3, 0.4) is 0 Å². The van der Waals surface area contributed by atoms with E-state index in [1.807, 2.05) is 0 Å². The molecule has 0 aromatic rings. The number of rotatable bonds is 0. The fourth-order valence-electron chi connectivity index (χ4n) is 0.751. The Bertz CT molecular complexity index is 183. The minimum absolute atomic E-state index is 0.0459. The molecule has 0 unspecified atom stereocenters. The fourth-order valence-corrected chi connectivity index (χ4v) is 5.42. The number of hydrogen-bond donors (Lipinski definition) is 0. The van der Waals surface area contributed by atoms with Crippen molar-refractivity contribution in [2.45, 2.75) is 0 Å². The predicted octanol–water partition coefficient (Wildman–Crippen LogP) is 1.41. The first-order valence-electron chi connectivity index (χ1n) is 2.73. The Morgan fingerprint density at radius 3 is 1.60 bits per heavy atom. The minimum atomic E-state index is -3.24. The molecule has 3 rings (SSSR count). The van der Waals surface area contributed by atoms with E-state index in [0.717, 1.165) is 0 Å². The number of hydrogen-bond acceptors (Lipinski definition) is 5. The van der Waals surface area contributed by atoms with Crippen molar-refractivity contribution in [3.8, 4) is 0 Å². The predicted molar refractivity (Wildman–Crippen MR) is 33.1 cm³/mol. The van der Waals surface area contributed by atoms with Crippen molar-refractivity contribution in [3.63, 3.8) is 0 Å². The molecule has 0 aromatic carbocycles. The molecule has 0 saturated carbocycles. The van der Waals surface area contributed by atoms with Crippen LogP contribution in [-0.4, -0.2) is 19.0 Å². The van der Waals surface area contributed by atoms with Gasteiger partial charge in [-0.1, -0.05) is 0 Å². The van der Waals surface area contributed by atoms with E-state index < -0.39 is 15.0 Å². The molecule has 0 atom stereocenters. The third-order valence-electron chi connectivity index (χ3n) is 1.35. The van der Waals surface area contributed by atoms with Crippen LogP contribution in [0.4, 0.5) is 0 Å². The Labute approximate surface area is 57.6 Å². The Kier molecular flexibility index (Phi) is 1.35. The van der Waals surface area contributed by atoms with Gasteiger partial charge in [-0.25, -0.2) is 4.57 Å². The summed E-state index contributed by atoms with van der Waals surface area (Å²) in [6.45, 7) is 0. The zero-order chi connectivity index (χ0) is 7.24. The van der Waals surface area contributed by atoms with Gasteiger partial charge in [0.1, 0.15) is 19.0 Å². The molecule has 0 spiro atoms. The van der Waals surface area contributed by atoms with E-state index in [-0.39, 0.29) is 19.0 Å². The second-order valence-corrected chi connectivity index (χ2v) is 6.84. The maximum absolute atomic E-state index is 11.3. The minimum Gasteiger partial charge on any atom is -0.316 e. The highest BCUT2D eigenvalue weighted by atomic mass is 31.2. The maximum atomic E-state index is 11.3. The standard InChI is InChI=1S/C3H6O5P2/c4-9-1-6-10(5,7-2-9)8-3-9/h1-3H2. The second kappa shape index (κ2) is 1.93. The van der Waals surface area contributed by atoms with Crippen molar-refractivity contribution in [2.75, 3.05) is 19.0 Å². The molecular formula is C3H6O5P2. The number of fused-ring (bicyclic) bond motifs is 3. The molecule has 3 fully saturated rings. The molecule has 5 nitrogen and oxygen atoms in total. The molecular weight excluding hydrogens is 178 g/mol. The molecule has 58 valence electrons. The largest absolute Gasteiger partial charge is 0.476 e. The van der Waals surface area contributed by atoms with E-state index in [9.17, 15) is 9.13 Å². The Hall–Kier alpha value is 0.340. The lowest BCUT2D eigenvalue weighted by molar-refractivity contribution is 0.113. The van der Waals surface area contributed by atoms with E-state index in [1.165, 1.54) is 0 Å². The molecule has 0 amide bonds. The monoisotopic (exact) mass is 184 g/mol. The summed E-state index contributed by atoms with van der Waals surface area (Å²) in [6, 6.07) is 0. The molecule has 3 aliphatic rings. The smallest absolute Gasteiger partial charge is 0.316 e. The van der Waals surface area contributed by atoms with Crippen LogP contribution in [0.25, 0.3) is 0 Å². The highest BCUT2D eigenvalue weighted by Gasteiger charge is 2.47. The zero-order valence-corrected chi connectivity index (χ0v) is 6.85. The average Bonchev–Trinajstić information content (AvgIpc) is 1.93. The van der Waals surface area contributed by atoms with Crippen molar-refractivity contribution >= 4 is 15.0 Å². The summed E-state index contributed by atoms with van der Waals surface area (Å²) in [5.74, 6) is 0. The maximum Gasteiger partial charge on any atom is 0.476 e. The molecule has 3 heterocycles. The van der Waals surface area contributed by atoms with E-state index in [4.69, 9.17) is 0 Å². The third-order valence-corrected chi connectivity index (χ3v) is 5.10. The molecule has 7 heteroatoms. The van der Waals surface area contributed by atoms with Crippen LogP contribution in [0.5, 0.6) is 0 Å². The van der Waals surface area contributed by atoms with E-state index in [2.05, 4.69) is 13.6 Å². The van der Waals surface area contributed by atoms with Crippen LogP contribution >= 0.6 is 15.0 Å². The van der Waals surface area contributed by atoms with Gasteiger partial charge in [0.15, 0.2) is 7.14 Å². The van der Waals surface area contributed by atoms with Crippen molar-refractivity contribution in [3.05, 3.63) is 0 Å². The zero-order valence-electron chi connectivity index (χ0n) is 5.06. The number of phosphoric acid groups is 1. The summed E-state index contributed by atoms with van der Waals surface area (Å²) in [5, 5.41) is 0. The fraction of sp³-hybridized carbons (Fsp3) is 1.00. The van der Waals surface area contributed by atoms with Gasteiger partial charge in [-0.05, 0) is 0 Å². The quantitative estimate of drug-likeness (QED) is 0.532. The highest BCUT2D eigenvalue weighted by molar-refractivity contribution is 7.67. The van der Waals surface area contributed by atoms with Crippen LogP contribution in [-0.2, 0) is 22.7 Å². The van der Waals surface area contributed by atoms with E-state index in [1.54, 1.807) is 0 Å². The lowest BCUT2D eigenvalue weighted by Crippen LogP contribution is -2.20. The first-order chi connectivity index (χ1) is 4.62. The Morgan fingerprint density at radius 1 is 0.900 bits per heavy atom. The summed E-state index contributed by atoms with van der Waals surface area (Å²) >= 11 is 0. The summed E-state index contributed by atoms with van der Waals surface area (Å²) in [6.07, 6.45) is 0.138. The van der Waals surface area contributed by atoms with Crippen LogP contribution in [0.15, 0.2) is 0 Å². The molecule has 0 aliphatic carbocycles. The third kappa shape index (κ3) is 0.987. The normalized spacial score (nSPS) is 53.2. The second-order valence-electron chi connectivity index (χ2n) is 2.28. The van der Waals surface area contributed by atoms with Gasteiger partial charge in [0, 0.05) is 0 Å². The van der Waals surface area contributed by atoms with Crippen LogP contribution < -0.4 is 0 Å². The first kappa shape index (κ1) is 7.01. The molecule has 0 N–H and O–H groups in total. The summed E-state index contributed by atoms with van der Waals surface area (Å²) in [5.41, 5.74) is 0. The van der Waals surface area contributed by atoms with Gasteiger partial charge in [0.2, 0.25) is 0 Å². The van der Waals surface area contributed by atoms with Crippen LogP contribution in [0.1, 0.15) is 0 Å². The molecule has 3 aliphatic heterocycles. The van der Waals surface area contributed by atoms with E-state index in [0.29, 0.717) is 0 Å². The molecule has 2 bridgehead atoms. The first-order valence-corrected chi connectivity index (χ1v) is 6.45. The van der Waals surface area contributed by atoms with Gasteiger partial charge in [-0.2, -0.15) is 0 Å². The van der Waals surface area contributed by atoms with Gasteiger partial charge >= 0.3 is 7.82 Å². The van der Waals surface area contributed by atoms with Crippen molar-refractivity contribution < 1.29 is 22.7 Å². The molecule has 0 radical (unpaired) electrons. The SMILES string of the molecule is O=P12COP(=O)(OC1)OC2. The average molecular weight is 184 g/mol. The Balaban J connectivity index is 2.32. The topological polar surface area (TPSA) is 61.8 Å². The van der Waals surface area contributed by atoms with Crippen molar-refractivity contribution in [2.24, 2.45) is 0 Å². The Morgan fingerprint density at radius 2 is 1.30 bits per heavy atom. The van der Waals surface area contributed by atoms with Gasteiger partial charge in [0.25, 0.3) is 0 Å². The lowest BCUT2D eigenvalue weighted by atomic mass is 11.6. The van der Waals surface area contributed by atoms with E-state index >= 15 is 0 Å². The molecule has 3 saturated heterocycles. The number of phosphoric ester groups is 1. The van der Waals surface area contributed by atoms with Crippen LogP contribution in [0.2, 0.25) is 0 Å². The lowest BCUT2D eigenvalue weighted by Gasteiger charge is -2.34. The summed E-state index contributed by atoms with van der Waals surface area (Å²) < 4.78 is 36.1. The molecule has 10 heavy (non-hydrogen) atoms. The summed E-state index contributed by atoms with van der Waals surface area (Å²) in [7, 11) is -5.65. The highest BCUT2D eigenvalue weighted by Crippen LogP contribution is 2.69. The van der Waals surface area contributed by atoms with Gasteiger partial charge in [-0.15, -0.1) is 0 Å². The van der Waals surface area contributed by atoms with Crippen molar-refractivity contribution in [1.29, 1.82) is 0 Å². The molecule has 0 aromatic heterocycles. The summed E-state index contributed by atoms with van der Waals surface area (Å²) in [4.78, 5) is 0. The van der Waals surface area contributed by atoms with Gasteiger partial charge in [0.05, 0.1) is 0 Å². The van der Waals surface area contributed by atoms with Crippen molar-refractivity contribution in [1.82, 2.24) is 0 Å². The van der Waals surface area contributed by atoms with Gasteiger partial charge in [-0.3, -0.25) is 13.6 Å². The van der Waals surface area contributed by atoms with Gasteiger partial charge < -0.3 is 4.57 Å². The van der Waals surface area contributed by atoms with Crippen LogP contribution in [0, 0.1) is 0 Å².